The van der Waals surface area contributed by atoms with Crippen molar-refractivity contribution in [1.82, 2.24) is 0 Å². The summed E-state index contributed by atoms with van der Waals surface area (Å²) in [5.41, 5.74) is 6.36. The minimum atomic E-state index is -4.66. The molecule has 1 aromatic carbocycles. The first-order valence-corrected chi connectivity index (χ1v) is 7.11. The monoisotopic (exact) mass is 303 g/mol. The van der Waals surface area contributed by atoms with Crippen LogP contribution in [-0.2, 0) is 11.3 Å². The van der Waals surface area contributed by atoms with Crippen LogP contribution in [-0.4, -0.2) is 18.5 Å². The van der Waals surface area contributed by atoms with Gasteiger partial charge in [0, 0.05) is 6.54 Å². The zero-order valence-corrected chi connectivity index (χ0v) is 11.8. The van der Waals surface area contributed by atoms with Crippen molar-refractivity contribution in [1.29, 1.82) is 0 Å². The number of hydrogen-bond donors (Lipinski definition) is 1. The molecule has 0 unspecified atom stereocenters. The number of halogens is 3. The second-order valence-corrected chi connectivity index (χ2v) is 5.43. The summed E-state index contributed by atoms with van der Waals surface area (Å²) in [5.74, 6) is -0.225. The number of ether oxygens (including phenoxy) is 2. The number of benzene rings is 1. The van der Waals surface area contributed by atoms with Crippen molar-refractivity contribution in [3.8, 4) is 5.75 Å². The third-order valence-corrected chi connectivity index (χ3v) is 3.84. The van der Waals surface area contributed by atoms with Gasteiger partial charge in [-0.3, -0.25) is 0 Å². The molecule has 3 nitrogen and oxygen atoms in total. The SMILES string of the molecule is NCC1(OCc2ccc(OC(F)(F)F)cc2)CCCCC1. The second kappa shape index (κ2) is 6.66. The van der Waals surface area contributed by atoms with E-state index in [0.29, 0.717) is 13.2 Å². The first kappa shape index (κ1) is 16.1. The van der Waals surface area contributed by atoms with Gasteiger partial charge in [-0.1, -0.05) is 31.4 Å². The maximum absolute atomic E-state index is 12.1. The highest BCUT2D eigenvalue weighted by Gasteiger charge is 2.32. The van der Waals surface area contributed by atoms with Crippen LogP contribution in [0.5, 0.6) is 5.75 Å². The summed E-state index contributed by atoms with van der Waals surface area (Å²) in [5, 5.41) is 0. The molecule has 1 saturated carbocycles. The predicted octanol–water partition coefficient (Wildman–Crippen LogP) is 3.76. The van der Waals surface area contributed by atoms with Crippen molar-refractivity contribution in [3.63, 3.8) is 0 Å². The van der Waals surface area contributed by atoms with Crippen molar-refractivity contribution in [3.05, 3.63) is 29.8 Å². The van der Waals surface area contributed by atoms with Gasteiger partial charge in [-0.2, -0.15) is 0 Å². The Balaban J connectivity index is 1.91. The molecule has 0 atom stereocenters. The standard InChI is InChI=1S/C15H20F3NO2/c16-15(17,18)21-13-6-4-12(5-7-13)10-20-14(11-19)8-2-1-3-9-14/h4-7H,1-3,8-11,19H2. The van der Waals surface area contributed by atoms with Crippen LogP contribution < -0.4 is 10.5 Å². The molecule has 118 valence electrons. The molecule has 1 fully saturated rings. The van der Waals surface area contributed by atoms with Gasteiger partial charge in [-0.15, -0.1) is 13.2 Å². The zero-order valence-electron chi connectivity index (χ0n) is 11.8. The van der Waals surface area contributed by atoms with Gasteiger partial charge in [0.1, 0.15) is 5.75 Å². The van der Waals surface area contributed by atoms with E-state index < -0.39 is 6.36 Å². The summed E-state index contributed by atoms with van der Waals surface area (Å²) in [4.78, 5) is 0. The first-order chi connectivity index (χ1) is 9.92. The van der Waals surface area contributed by atoms with Gasteiger partial charge >= 0.3 is 6.36 Å². The lowest BCUT2D eigenvalue weighted by Crippen LogP contribution is -2.42. The lowest BCUT2D eigenvalue weighted by molar-refractivity contribution is -0.274. The van der Waals surface area contributed by atoms with Crippen LogP contribution in [0.25, 0.3) is 0 Å². The lowest BCUT2D eigenvalue weighted by atomic mass is 9.84. The molecule has 1 aliphatic carbocycles. The van der Waals surface area contributed by atoms with E-state index in [1.165, 1.54) is 18.6 Å². The third kappa shape index (κ3) is 4.89. The van der Waals surface area contributed by atoms with Gasteiger partial charge in [-0.05, 0) is 30.5 Å². The summed E-state index contributed by atoms with van der Waals surface area (Å²) in [6.45, 7) is 0.825. The molecular formula is C15H20F3NO2. The Labute approximate surface area is 122 Å². The minimum Gasteiger partial charge on any atom is -0.406 e. The van der Waals surface area contributed by atoms with E-state index >= 15 is 0 Å². The van der Waals surface area contributed by atoms with Crippen LogP contribution in [0.3, 0.4) is 0 Å². The Morgan fingerprint density at radius 3 is 2.19 bits per heavy atom. The summed E-state index contributed by atoms with van der Waals surface area (Å²) in [6, 6.07) is 5.74. The fourth-order valence-electron chi connectivity index (χ4n) is 2.63. The maximum atomic E-state index is 12.1. The van der Waals surface area contributed by atoms with E-state index in [1.807, 2.05) is 0 Å². The molecule has 0 radical (unpaired) electrons. The van der Waals surface area contributed by atoms with Gasteiger partial charge in [0.15, 0.2) is 0 Å². The zero-order chi connectivity index (χ0) is 15.3. The molecule has 2 N–H and O–H groups in total. The molecule has 1 aromatic rings. The quantitative estimate of drug-likeness (QED) is 0.900. The van der Waals surface area contributed by atoms with E-state index in [9.17, 15) is 13.2 Å². The van der Waals surface area contributed by atoms with Crippen LogP contribution in [0, 0.1) is 0 Å². The molecule has 0 aliphatic heterocycles. The molecule has 1 aliphatic rings. The van der Waals surface area contributed by atoms with Crippen molar-refractivity contribution < 1.29 is 22.6 Å². The molecule has 0 saturated heterocycles. The van der Waals surface area contributed by atoms with Crippen molar-refractivity contribution >= 4 is 0 Å². The van der Waals surface area contributed by atoms with Crippen molar-refractivity contribution in [2.45, 2.75) is 50.7 Å². The van der Waals surface area contributed by atoms with Crippen molar-refractivity contribution in [2.24, 2.45) is 5.73 Å². The van der Waals surface area contributed by atoms with Gasteiger partial charge < -0.3 is 15.2 Å². The lowest BCUT2D eigenvalue weighted by Gasteiger charge is -2.36. The molecule has 6 heteroatoms. The van der Waals surface area contributed by atoms with Gasteiger partial charge in [0.05, 0.1) is 12.2 Å². The van der Waals surface area contributed by atoms with Crippen LogP contribution in [0.15, 0.2) is 24.3 Å². The Morgan fingerprint density at radius 1 is 1.05 bits per heavy atom. The number of nitrogens with two attached hydrogens (primary N) is 1. The van der Waals surface area contributed by atoms with E-state index in [1.54, 1.807) is 12.1 Å². The summed E-state index contributed by atoms with van der Waals surface area (Å²) in [6.07, 6.45) is 0.640. The average Bonchev–Trinajstić information content (AvgIpc) is 2.46. The predicted molar refractivity (Wildman–Crippen MR) is 72.8 cm³/mol. The van der Waals surface area contributed by atoms with Gasteiger partial charge in [0.25, 0.3) is 0 Å². The molecule has 0 aromatic heterocycles. The highest BCUT2D eigenvalue weighted by atomic mass is 19.4. The molecule has 2 rings (SSSR count). The van der Waals surface area contributed by atoms with E-state index in [-0.39, 0.29) is 11.4 Å². The fourth-order valence-corrected chi connectivity index (χ4v) is 2.63. The van der Waals surface area contributed by atoms with E-state index in [0.717, 1.165) is 31.2 Å². The number of rotatable bonds is 5. The normalized spacial score (nSPS) is 18.5. The van der Waals surface area contributed by atoms with Gasteiger partial charge in [0.2, 0.25) is 0 Å². The first-order valence-electron chi connectivity index (χ1n) is 7.11. The topological polar surface area (TPSA) is 44.5 Å². The molecule has 0 amide bonds. The fraction of sp³-hybridized carbons (Fsp3) is 0.600. The highest BCUT2D eigenvalue weighted by Crippen LogP contribution is 2.32. The smallest absolute Gasteiger partial charge is 0.406 e. The van der Waals surface area contributed by atoms with Crippen LogP contribution in [0.1, 0.15) is 37.7 Å². The third-order valence-electron chi connectivity index (χ3n) is 3.84. The summed E-state index contributed by atoms with van der Waals surface area (Å²) in [7, 11) is 0. The minimum absolute atomic E-state index is 0.225. The summed E-state index contributed by atoms with van der Waals surface area (Å²) < 4.78 is 46.0. The molecule has 0 heterocycles. The summed E-state index contributed by atoms with van der Waals surface area (Å²) >= 11 is 0. The van der Waals surface area contributed by atoms with Crippen molar-refractivity contribution in [2.75, 3.05) is 6.54 Å². The molecule has 21 heavy (non-hydrogen) atoms. The van der Waals surface area contributed by atoms with E-state index in [4.69, 9.17) is 10.5 Å². The average molecular weight is 303 g/mol. The molecule has 0 bridgehead atoms. The Kier molecular flexibility index (Phi) is 5.11. The van der Waals surface area contributed by atoms with Gasteiger partial charge in [-0.25, -0.2) is 0 Å². The second-order valence-electron chi connectivity index (χ2n) is 5.43. The Morgan fingerprint density at radius 2 is 1.67 bits per heavy atom. The molecular weight excluding hydrogens is 283 g/mol. The van der Waals surface area contributed by atoms with Crippen LogP contribution in [0.4, 0.5) is 13.2 Å². The largest absolute Gasteiger partial charge is 0.573 e. The Bertz CT molecular complexity index is 439. The number of hydrogen-bond acceptors (Lipinski definition) is 3. The maximum Gasteiger partial charge on any atom is 0.573 e. The highest BCUT2D eigenvalue weighted by molar-refractivity contribution is 5.27. The van der Waals surface area contributed by atoms with E-state index in [2.05, 4.69) is 4.74 Å². The number of alkyl halides is 3. The van der Waals surface area contributed by atoms with Crippen LogP contribution in [0.2, 0.25) is 0 Å². The Hall–Kier alpha value is -1.27. The molecule has 0 spiro atoms. The van der Waals surface area contributed by atoms with Crippen LogP contribution >= 0.6 is 0 Å².